The van der Waals surface area contributed by atoms with Gasteiger partial charge in [-0.15, -0.1) is 10.2 Å². The summed E-state index contributed by atoms with van der Waals surface area (Å²) in [5, 5.41) is 9.28. The van der Waals surface area contributed by atoms with E-state index in [0.717, 1.165) is 35.1 Å². The number of aromatic nitrogens is 3. The lowest BCUT2D eigenvalue weighted by Gasteiger charge is -2.12. The summed E-state index contributed by atoms with van der Waals surface area (Å²) in [4.78, 5) is 12.7. The van der Waals surface area contributed by atoms with Crippen molar-refractivity contribution in [3.8, 4) is 0 Å². The number of ketones is 1. The molecule has 0 aliphatic heterocycles. The van der Waals surface area contributed by atoms with E-state index in [1.807, 2.05) is 56.3 Å². The van der Waals surface area contributed by atoms with Gasteiger partial charge in [-0.25, -0.2) is 0 Å². The van der Waals surface area contributed by atoms with Crippen LogP contribution in [-0.2, 0) is 13.0 Å². The zero-order valence-corrected chi connectivity index (χ0v) is 16.2. The molecule has 0 saturated heterocycles. The van der Waals surface area contributed by atoms with Crippen LogP contribution in [0, 0.1) is 6.92 Å². The van der Waals surface area contributed by atoms with Gasteiger partial charge in [-0.2, -0.15) is 0 Å². The molecule has 0 spiro atoms. The van der Waals surface area contributed by atoms with Gasteiger partial charge in [0, 0.05) is 18.5 Å². The highest BCUT2D eigenvalue weighted by Crippen LogP contribution is 2.25. The minimum Gasteiger partial charge on any atom is -0.306 e. The second kappa shape index (κ2) is 8.32. The van der Waals surface area contributed by atoms with Crippen LogP contribution in [0.5, 0.6) is 0 Å². The third-order valence-corrected chi connectivity index (χ3v) is 5.38. The van der Waals surface area contributed by atoms with E-state index in [0.29, 0.717) is 0 Å². The average Bonchev–Trinajstić information content (AvgIpc) is 3.03. The van der Waals surface area contributed by atoms with Crippen LogP contribution in [0.3, 0.4) is 0 Å². The lowest BCUT2D eigenvalue weighted by Crippen LogP contribution is -2.15. The first-order chi connectivity index (χ1) is 12.6. The molecular formula is C21H23N3OS. The van der Waals surface area contributed by atoms with E-state index in [1.165, 1.54) is 17.3 Å². The lowest BCUT2D eigenvalue weighted by molar-refractivity contribution is 0.0994. The fourth-order valence-electron chi connectivity index (χ4n) is 2.80. The van der Waals surface area contributed by atoms with Crippen LogP contribution in [0.15, 0.2) is 59.8 Å². The molecule has 0 radical (unpaired) electrons. The Morgan fingerprint density at radius 3 is 2.42 bits per heavy atom. The van der Waals surface area contributed by atoms with Crippen LogP contribution >= 0.6 is 11.8 Å². The Labute approximate surface area is 158 Å². The van der Waals surface area contributed by atoms with Crippen molar-refractivity contribution in [2.45, 2.75) is 44.1 Å². The number of aryl methyl sites for hydroxylation is 1. The van der Waals surface area contributed by atoms with E-state index in [9.17, 15) is 4.79 Å². The number of carbonyl (C=O) groups is 1. The average molecular weight is 366 g/mol. The molecular weight excluding hydrogens is 342 g/mol. The van der Waals surface area contributed by atoms with Crippen LogP contribution < -0.4 is 0 Å². The van der Waals surface area contributed by atoms with Crippen LogP contribution in [0.4, 0.5) is 0 Å². The molecule has 0 aliphatic rings. The second-order valence-corrected chi connectivity index (χ2v) is 7.60. The number of nitrogens with zero attached hydrogens (tertiary/aromatic N) is 3. The topological polar surface area (TPSA) is 47.8 Å². The summed E-state index contributed by atoms with van der Waals surface area (Å²) in [7, 11) is 0. The molecule has 4 nitrogen and oxygen atoms in total. The lowest BCUT2D eigenvalue weighted by atomic mass is 10.1. The molecule has 0 fully saturated rings. The van der Waals surface area contributed by atoms with Gasteiger partial charge >= 0.3 is 0 Å². The summed E-state index contributed by atoms with van der Waals surface area (Å²) in [5.41, 5.74) is 3.09. The fourth-order valence-corrected chi connectivity index (χ4v) is 3.81. The molecule has 2 aromatic carbocycles. The van der Waals surface area contributed by atoms with Crippen molar-refractivity contribution < 1.29 is 4.79 Å². The molecule has 1 aromatic heterocycles. The predicted octanol–water partition coefficient (Wildman–Crippen LogP) is 4.56. The van der Waals surface area contributed by atoms with E-state index in [1.54, 1.807) is 0 Å². The minimum absolute atomic E-state index is 0.116. The Hall–Kier alpha value is -2.40. The monoisotopic (exact) mass is 365 g/mol. The molecule has 0 N–H and O–H groups in total. The molecule has 0 aliphatic carbocycles. The van der Waals surface area contributed by atoms with Crippen molar-refractivity contribution >= 4 is 17.5 Å². The van der Waals surface area contributed by atoms with Crippen LogP contribution in [0.25, 0.3) is 0 Å². The van der Waals surface area contributed by atoms with Crippen LogP contribution in [0.2, 0.25) is 0 Å². The van der Waals surface area contributed by atoms with Crippen molar-refractivity contribution in [1.82, 2.24) is 14.8 Å². The van der Waals surface area contributed by atoms with E-state index in [-0.39, 0.29) is 11.0 Å². The maximum Gasteiger partial charge on any atom is 0.191 e. The van der Waals surface area contributed by atoms with Gasteiger partial charge in [0.05, 0.1) is 5.25 Å². The molecule has 134 valence electrons. The number of rotatable bonds is 7. The number of carbonyl (C=O) groups excluding carboxylic acids is 1. The highest BCUT2D eigenvalue weighted by atomic mass is 32.2. The molecule has 1 unspecified atom stereocenters. The van der Waals surface area contributed by atoms with Gasteiger partial charge < -0.3 is 4.57 Å². The molecule has 0 saturated carbocycles. The summed E-state index contributed by atoms with van der Waals surface area (Å²) in [6.45, 7) is 6.81. The summed E-state index contributed by atoms with van der Waals surface area (Å²) in [5.74, 6) is 1.04. The zero-order chi connectivity index (χ0) is 18.5. The van der Waals surface area contributed by atoms with Gasteiger partial charge in [0.2, 0.25) is 0 Å². The Balaban J connectivity index is 1.75. The Morgan fingerprint density at radius 2 is 1.77 bits per heavy atom. The predicted molar refractivity (Wildman–Crippen MR) is 106 cm³/mol. The van der Waals surface area contributed by atoms with Gasteiger partial charge in [0.15, 0.2) is 10.9 Å². The first kappa shape index (κ1) is 18.4. The Morgan fingerprint density at radius 1 is 1.08 bits per heavy atom. The molecule has 3 aromatic rings. The fraction of sp³-hybridized carbons (Fsp3) is 0.286. The summed E-state index contributed by atoms with van der Waals surface area (Å²) >= 11 is 1.47. The number of Topliss-reactive ketones (excluding diaryl/α,β-unsaturated/α-hetero) is 1. The normalized spacial score (nSPS) is 12.1. The summed E-state index contributed by atoms with van der Waals surface area (Å²) in [6.07, 6.45) is 0.739. The smallest absolute Gasteiger partial charge is 0.191 e. The summed E-state index contributed by atoms with van der Waals surface area (Å²) < 4.78 is 2.09. The largest absolute Gasteiger partial charge is 0.306 e. The first-order valence-corrected chi connectivity index (χ1v) is 9.70. The molecule has 3 rings (SSSR count). The van der Waals surface area contributed by atoms with Crippen LogP contribution in [-0.4, -0.2) is 25.8 Å². The number of benzene rings is 2. The Kier molecular flexibility index (Phi) is 5.89. The maximum atomic E-state index is 12.7. The van der Waals surface area contributed by atoms with E-state index >= 15 is 0 Å². The maximum absolute atomic E-state index is 12.7. The van der Waals surface area contributed by atoms with E-state index in [2.05, 4.69) is 33.8 Å². The SMILES string of the molecule is CCn1c(Cc2ccccc2)nnc1SC(C)C(=O)c1ccc(C)cc1. The quantitative estimate of drug-likeness (QED) is 0.455. The van der Waals surface area contributed by atoms with Gasteiger partial charge in [-0.1, -0.05) is 71.9 Å². The number of thioether (sulfide) groups is 1. The first-order valence-electron chi connectivity index (χ1n) is 8.82. The second-order valence-electron chi connectivity index (χ2n) is 6.30. The molecule has 1 atom stereocenters. The van der Waals surface area contributed by atoms with Gasteiger partial charge in [0.25, 0.3) is 0 Å². The number of hydrogen-bond donors (Lipinski definition) is 0. The Bertz CT molecular complexity index is 872. The highest BCUT2D eigenvalue weighted by Gasteiger charge is 2.20. The van der Waals surface area contributed by atoms with Crippen LogP contribution in [0.1, 0.15) is 41.2 Å². The van der Waals surface area contributed by atoms with Gasteiger partial charge in [-0.05, 0) is 26.3 Å². The van der Waals surface area contributed by atoms with Crippen molar-refractivity contribution in [2.75, 3.05) is 0 Å². The van der Waals surface area contributed by atoms with Gasteiger partial charge in [-0.3, -0.25) is 4.79 Å². The molecule has 0 bridgehead atoms. The molecule has 1 heterocycles. The van der Waals surface area contributed by atoms with Crippen molar-refractivity contribution in [3.63, 3.8) is 0 Å². The van der Waals surface area contributed by atoms with Crippen molar-refractivity contribution in [3.05, 3.63) is 77.1 Å². The van der Waals surface area contributed by atoms with Crippen molar-refractivity contribution in [1.29, 1.82) is 0 Å². The zero-order valence-electron chi connectivity index (χ0n) is 15.3. The highest BCUT2D eigenvalue weighted by molar-refractivity contribution is 8.00. The molecule has 26 heavy (non-hydrogen) atoms. The standard InChI is InChI=1S/C21H23N3OS/c1-4-24-19(14-17-8-6-5-7-9-17)22-23-21(24)26-16(3)20(25)18-12-10-15(2)11-13-18/h5-13,16H,4,14H2,1-3H3. The van der Waals surface area contributed by atoms with E-state index in [4.69, 9.17) is 0 Å². The molecule has 0 amide bonds. The third kappa shape index (κ3) is 4.22. The minimum atomic E-state index is -0.211. The molecule has 5 heteroatoms. The van der Waals surface area contributed by atoms with Gasteiger partial charge in [0.1, 0.15) is 5.82 Å². The van der Waals surface area contributed by atoms with E-state index < -0.39 is 0 Å². The third-order valence-electron chi connectivity index (χ3n) is 4.30. The van der Waals surface area contributed by atoms with Crippen molar-refractivity contribution in [2.24, 2.45) is 0 Å². The summed E-state index contributed by atoms with van der Waals surface area (Å²) in [6, 6.07) is 18.0. The number of hydrogen-bond acceptors (Lipinski definition) is 4.